The monoisotopic (exact) mass is 523 g/mol. The Kier molecular flexibility index (Phi) is 10.8. The van der Waals surface area contributed by atoms with Crippen molar-refractivity contribution in [2.24, 2.45) is 0 Å². The van der Waals surface area contributed by atoms with Gasteiger partial charge in [-0.1, -0.05) is 29.7 Å². The van der Waals surface area contributed by atoms with Crippen LogP contribution in [0.25, 0.3) is 21.3 Å². The lowest BCUT2D eigenvalue weighted by atomic mass is 10.1. The second-order valence-corrected chi connectivity index (χ2v) is 10.4. The van der Waals surface area contributed by atoms with Crippen molar-refractivity contribution in [1.82, 2.24) is 14.7 Å². The molecule has 5 nitrogen and oxygen atoms in total. The van der Waals surface area contributed by atoms with Crippen LogP contribution in [0.2, 0.25) is 0 Å². The van der Waals surface area contributed by atoms with Crippen molar-refractivity contribution in [2.75, 3.05) is 26.2 Å². The number of piperidine rings is 1. The van der Waals surface area contributed by atoms with E-state index in [1.807, 2.05) is 61.7 Å². The third-order valence-electron chi connectivity index (χ3n) is 6.03. The van der Waals surface area contributed by atoms with Crippen molar-refractivity contribution >= 4 is 33.0 Å². The van der Waals surface area contributed by atoms with Crippen LogP contribution in [0.3, 0.4) is 0 Å². The summed E-state index contributed by atoms with van der Waals surface area (Å²) < 4.78 is 8.43. The van der Waals surface area contributed by atoms with Crippen LogP contribution >= 0.6 is 22.9 Å². The van der Waals surface area contributed by atoms with Crippen molar-refractivity contribution in [3.05, 3.63) is 68.8 Å². The molecule has 1 aromatic carbocycles. The van der Waals surface area contributed by atoms with Gasteiger partial charge in [0.1, 0.15) is 11.4 Å². The van der Waals surface area contributed by atoms with Crippen LogP contribution in [0.5, 0.6) is 5.75 Å². The molecule has 1 aliphatic rings. The van der Waals surface area contributed by atoms with E-state index in [1.165, 1.54) is 32.4 Å². The van der Waals surface area contributed by atoms with Gasteiger partial charge in [-0.25, -0.2) is 4.68 Å². The Morgan fingerprint density at radius 1 is 1.11 bits per heavy atom. The number of hydrogen-bond donors (Lipinski definition) is 0. The fourth-order valence-electron chi connectivity index (χ4n) is 4.22. The summed E-state index contributed by atoms with van der Waals surface area (Å²) in [7, 11) is 0. The second-order valence-electron chi connectivity index (χ2n) is 8.87. The Balaban J connectivity index is 0.00000176. The van der Waals surface area contributed by atoms with E-state index in [0.29, 0.717) is 17.0 Å². The van der Waals surface area contributed by atoms with Gasteiger partial charge < -0.3 is 9.64 Å². The number of aromatic nitrogens is 2. The Bertz CT molecular complexity index is 1260. The summed E-state index contributed by atoms with van der Waals surface area (Å²) in [5, 5.41) is 8.08. The number of thiophene rings is 1. The van der Waals surface area contributed by atoms with E-state index in [-0.39, 0.29) is 5.56 Å². The number of allylic oxidation sites excluding steroid dienone is 4. The summed E-state index contributed by atoms with van der Waals surface area (Å²) in [5.41, 5.74) is 2.72. The van der Waals surface area contributed by atoms with Gasteiger partial charge in [0, 0.05) is 17.1 Å². The first-order valence-corrected chi connectivity index (χ1v) is 13.5. The van der Waals surface area contributed by atoms with E-state index in [0.717, 1.165) is 46.9 Å². The number of rotatable bonds is 9. The first kappa shape index (κ1) is 27.7. The molecule has 190 valence electrons. The Hall–Kier alpha value is -2.85. The van der Waals surface area contributed by atoms with E-state index in [2.05, 4.69) is 17.7 Å². The lowest BCUT2D eigenvalue weighted by molar-refractivity contribution is 0.205. The van der Waals surface area contributed by atoms with Crippen molar-refractivity contribution in [3.8, 4) is 29.9 Å². The van der Waals surface area contributed by atoms with Gasteiger partial charge in [0.05, 0.1) is 23.2 Å². The molecule has 1 fully saturated rings. The molecule has 0 amide bonds. The number of likely N-dealkylation sites (tertiary alicyclic amines) is 1. The number of terminal acetylenes is 1. The highest BCUT2D eigenvalue weighted by atomic mass is 35.5. The molecular weight excluding hydrogens is 490 g/mol. The minimum Gasteiger partial charge on any atom is -0.494 e. The second kappa shape index (κ2) is 14.0. The first-order valence-electron chi connectivity index (χ1n) is 12.3. The molecule has 1 aliphatic heterocycles. The Morgan fingerprint density at radius 2 is 1.83 bits per heavy atom. The van der Waals surface area contributed by atoms with Gasteiger partial charge in [0.15, 0.2) is 0 Å². The van der Waals surface area contributed by atoms with E-state index in [9.17, 15) is 4.79 Å². The molecule has 0 radical (unpaired) electrons. The minimum absolute atomic E-state index is 0.0759. The first-order chi connectivity index (χ1) is 17.5. The summed E-state index contributed by atoms with van der Waals surface area (Å²) in [4.78, 5) is 15.5. The molecule has 0 saturated carbocycles. The van der Waals surface area contributed by atoms with Crippen LogP contribution in [0.15, 0.2) is 63.3 Å². The molecule has 0 atom stereocenters. The van der Waals surface area contributed by atoms with Crippen molar-refractivity contribution in [1.29, 1.82) is 0 Å². The number of benzene rings is 1. The number of ether oxygens (including phenoxy) is 1. The van der Waals surface area contributed by atoms with E-state index < -0.39 is 0 Å². The summed E-state index contributed by atoms with van der Waals surface area (Å²) in [6, 6.07) is 9.92. The minimum atomic E-state index is -0.0759. The highest BCUT2D eigenvalue weighted by Crippen LogP contribution is 2.30. The molecule has 36 heavy (non-hydrogen) atoms. The number of halogens is 1. The zero-order chi connectivity index (χ0) is 25.9. The van der Waals surface area contributed by atoms with Gasteiger partial charge in [0.25, 0.3) is 5.56 Å². The zero-order valence-corrected chi connectivity index (χ0v) is 22.7. The molecule has 3 heterocycles. The van der Waals surface area contributed by atoms with E-state index in [1.54, 1.807) is 16.0 Å². The maximum atomic E-state index is 13.0. The quantitative estimate of drug-likeness (QED) is 0.177. The van der Waals surface area contributed by atoms with Crippen LogP contribution in [-0.2, 0) is 6.54 Å². The van der Waals surface area contributed by atoms with Gasteiger partial charge in [-0.05, 0) is 88.0 Å². The van der Waals surface area contributed by atoms with Crippen LogP contribution in [0, 0.1) is 12.8 Å². The molecule has 4 rings (SSSR count). The smallest absolute Gasteiger partial charge is 0.275 e. The highest BCUT2D eigenvalue weighted by Gasteiger charge is 2.14. The average molecular weight is 524 g/mol. The van der Waals surface area contributed by atoms with E-state index >= 15 is 0 Å². The largest absolute Gasteiger partial charge is 0.494 e. The third kappa shape index (κ3) is 7.57. The summed E-state index contributed by atoms with van der Waals surface area (Å²) in [5.74, 6) is 0.861. The van der Waals surface area contributed by atoms with Gasteiger partial charge in [-0.3, -0.25) is 4.79 Å². The molecule has 7 heteroatoms. The molecule has 2 aromatic heterocycles. The number of hydrogen-bond acceptors (Lipinski definition) is 5. The van der Waals surface area contributed by atoms with Gasteiger partial charge >= 0.3 is 0 Å². The number of fused-ring (bicyclic) bond motifs is 1. The molecule has 1 saturated heterocycles. The van der Waals surface area contributed by atoms with Gasteiger partial charge in [-0.15, -0.1) is 24.2 Å². The lowest BCUT2D eigenvalue weighted by Crippen LogP contribution is -2.31. The summed E-state index contributed by atoms with van der Waals surface area (Å²) in [6.07, 6.45) is 16.8. The zero-order valence-electron chi connectivity index (χ0n) is 21.1. The normalized spacial score (nSPS) is 14.9. The van der Waals surface area contributed by atoms with Crippen LogP contribution in [0.1, 0.15) is 39.5 Å². The van der Waals surface area contributed by atoms with Crippen LogP contribution in [0.4, 0.5) is 0 Å². The number of nitrogens with zero attached hydrogens (tertiary/aromatic N) is 3. The van der Waals surface area contributed by atoms with Gasteiger partial charge in [-0.2, -0.15) is 5.10 Å². The Labute approximate surface area is 223 Å². The van der Waals surface area contributed by atoms with Gasteiger partial charge in [0.2, 0.25) is 0 Å². The van der Waals surface area contributed by atoms with E-state index in [4.69, 9.17) is 21.4 Å². The predicted molar refractivity (Wildman–Crippen MR) is 153 cm³/mol. The molecule has 0 bridgehead atoms. The fourth-order valence-corrected chi connectivity index (χ4v) is 5.18. The standard InChI is InChI=1S/C27H32ClN3O2S.C2H2/c1-20(7-8-21(2)28)19-31-27(32)24-13-18-34-26(24)25(29-31)22-9-11-23(12-10-22)33-17-6-16-30-14-4-3-5-15-30;1-2/h7-13,18H,3-6,14-17,19H2,1-2H3;1-2H/b20-7+,21-8+;. The molecule has 0 aliphatic carbocycles. The summed E-state index contributed by atoms with van der Waals surface area (Å²) in [6.45, 7) is 8.48. The summed E-state index contributed by atoms with van der Waals surface area (Å²) >= 11 is 7.48. The fraction of sp³-hybridized carbons (Fsp3) is 0.379. The van der Waals surface area contributed by atoms with Crippen molar-refractivity contribution < 1.29 is 4.74 Å². The molecular formula is C29H34ClN3O2S. The maximum Gasteiger partial charge on any atom is 0.275 e. The molecule has 3 aromatic rings. The average Bonchev–Trinajstić information content (AvgIpc) is 3.40. The molecule has 0 unspecified atom stereocenters. The lowest BCUT2D eigenvalue weighted by Gasteiger charge is -2.26. The Morgan fingerprint density at radius 3 is 2.53 bits per heavy atom. The van der Waals surface area contributed by atoms with Crippen molar-refractivity contribution in [2.45, 2.75) is 46.1 Å². The van der Waals surface area contributed by atoms with Crippen molar-refractivity contribution in [3.63, 3.8) is 0 Å². The molecule has 0 N–H and O–H groups in total. The molecule has 0 spiro atoms. The SMILES string of the molecule is C#C.C/C(Cl)=C\C=C(/C)Cn1nc(-c2ccc(OCCCN3CCCCC3)cc2)c2sccc2c1=O. The van der Waals surface area contributed by atoms with Crippen LogP contribution in [-0.4, -0.2) is 40.9 Å². The highest BCUT2D eigenvalue weighted by molar-refractivity contribution is 7.17. The predicted octanol–water partition coefficient (Wildman–Crippen LogP) is 6.72. The topological polar surface area (TPSA) is 47.4 Å². The van der Waals surface area contributed by atoms with Crippen LogP contribution < -0.4 is 10.3 Å². The third-order valence-corrected chi connectivity index (χ3v) is 7.07. The maximum absolute atomic E-state index is 13.0.